The van der Waals surface area contributed by atoms with Crippen molar-refractivity contribution in [1.82, 2.24) is 0 Å². The maximum absolute atomic E-state index is 12.8. The number of nitrogens with one attached hydrogen (secondary N) is 1. The Morgan fingerprint density at radius 3 is 2.39 bits per heavy atom. The number of esters is 1. The number of carbonyl (C=O) groups excluding carboxylic acids is 2. The molecule has 0 bridgehead atoms. The van der Waals surface area contributed by atoms with Crippen LogP contribution in [-0.2, 0) is 9.53 Å². The molecule has 5 nitrogen and oxygen atoms in total. The van der Waals surface area contributed by atoms with Gasteiger partial charge in [-0.15, -0.1) is 0 Å². The molecule has 1 atom stereocenters. The first-order chi connectivity index (χ1) is 11.0. The second-order valence-electron chi connectivity index (χ2n) is 4.74. The van der Waals surface area contributed by atoms with Crippen LogP contribution in [0.2, 0.25) is 0 Å². The number of hydrogen-bond acceptors (Lipinski definition) is 4. The molecule has 1 amide bonds. The van der Waals surface area contributed by atoms with E-state index in [9.17, 15) is 14.0 Å². The van der Waals surface area contributed by atoms with Crippen molar-refractivity contribution in [3.05, 3.63) is 59.9 Å². The van der Waals surface area contributed by atoms with Crippen LogP contribution in [0.4, 0.5) is 10.1 Å². The lowest BCUT2D eigenvalue weighted by molar-refractivity contribution is -0.122. The van der Waals surface area contributed by atoms with E-state index in [0.29, 0.717) is 11.4 Å². The standard InChI is InChI=1S/C17H16FNO4/c1-11(23-13-9-7-12(18)8-10-13)16(20)19-15-6-4-3-5-14(15)17(21)22-2/h3-11H,1-2H3,(H,19,20)/t11-/m0/s1. The van der Waals surface area contributed by atoms with Crippen molar-refractivity contribution in [3.63, 3.8) is 0 Å². The Hall–Kier alpha value is -2.89. The molecular formula is C17H16FNO4. The van der Waals surface area contributed by atoms with E-state index >= 15 is 0 Å². The third kappa shape index (κ3) is 4.29. The molecule has 0 saturated carbocycles. The third-order valence-electron chi connectivity index (χ3n) is 3.09. The highest BCUT2D eigenvalue weighted by Crippen LogP contribution is 2.18. The zero-order chi connectivity index (χ0) is 16.8. The minimum atomic E-state index is -0.828. The number of methoxy groups -OCH3 is 1. The van der Waals surface area contributed by atoms with Crippen LogP contribution >= 0.6 is 0 Å². The quantitative estimate of drug-likeness (QED) is 0.861. The fourth-order valence-corrected chi connectivity index (χ4v) is 1.89. The number of amides is 1. The predicted octanol–water partition coefficient (Wildman–Crippen LogP) is 3.02. The number of hydrogen-bond donors (Lipinski definition) is 1. The molecule has 0 aliphatic rings. The minimum absolute atomic E-state index is 0.248. The van der Waals surface area contributed by atoms with Gasteiger partial charge in [0.1, 0.15) is 11.6 Å². The van der Waals surface area contributed by atoms with Gasteiger partial charge < -0.3 is 14.8 Å². The first-order valence-corrected chi connectivity index (χ1v) is 6.91. The van der Waals surface area contributed by atoms with E-state index in [2.05, 4.69) is 10.1 Å². The van der Waals surface area contributed by atoms with E-state index < -0.39 is 18.0 Å². The molecule has 120 valence electrons. The Balaban J connectivity index is 2.06. The molecule has 0 aromatic heterocycles. The SMILES string of the molecule is COC(=O)c1ccccc1NC(=O)[C@H](C)Oc1ccc(F)cc1. The van der Waals surface area contributed by atoms with Gasteiger partial charge in [-0.05, 0) is 43.3 Å². The third-order valence-corrected chi connectivity index (χ3v) is 3.09. The highest BCUT2D eigenvalue weighted by atomic mass is 19.1. The average Bonchev–Trinajstić information content (AvgIpc) is 2.56. The number of halogens is 1. The summed E-state index contributed by atoms with van der Waals surface area (Å²) in [6.07, 6.45) is -0.828. The van der Waals surface area contributed by atoms with E-state index in [0.717, 1.165) is 0 Å². The normalized spacial score (nSPS) is 11.4. The van der Waals surface area contributed by atoms with Gasteiger partial charge in [0.15, 0.2) is 6.10 Å². The molecule has 0 radical (unpaired) electrons. The van der Waals surface area contributed by atoms with Gasteiger partial charge in [0.05, 0.1) is 18.4 Å². The molecular weight excluding hydrogens is 301 g/mol. The first kappa shape index (κ1) is 16.5. The molecule has 0 spiro atoms. The van der Waals surface area contributed by atoms with Crippen molar-refractivity contribution in [3.8, 4) is 5.75 Å². The van der Waals surface area contributed by atoms with Gasteiger partial charge in [0.2, 0.25) is 0 Å². The van der Waals surface area contributed by atoms with E-state index in [-0.39, 0.29) is 11.4 Å². The summed E-state index contributed by atoms with van der Waals surface area (Å²) < 4.78 is 22.9. The Labute approximate surface area is 133 Å². The number of anilines is 1. The van der Waals surface area contributed by atoms with Crippen molar-refractivity contribution in [2.24, 2.45) is 0 Å². The summed E-state index contributed by atoms with van der Waals surface area (Å²) >= 11 is 0. The van der Waals surface area contributed by atoms with Crippen molar-refractivity contribution < 1.29 is 23.5 Å². The molecule has 0 aliphatic heterocycles. The summed E-state index contributed by atoms with van der Waals surface area (Å²) in [6.45, 7) is 1.56. The maximum Gasteiger partial charge on any atom is 0.339 e. The summed E-state index contributed by atoms with van der Waals surface area (Å²) in [4.78, 5) is 23.9. The Morgan fingerprint density at radius 1 is 1.09 bits per heavy atom. The van der Waals surface area contributed by atoms with Crippen LogP contribution in [0.15, 0.2) is 48.5 Å². The van der Waals surface area contributed by atoms with E-state index in [1.54, 1.807) is 31.2 Å². The van der Waals surface area contributed by atoms with Gasteiger partial charge in [-0.3, -0.25) is 4.79 Å². The van der Waals surface area contributed by atoms with Crippen LogP contribution < -0.4 is 10.1 Å². The van der Waals surface area contributed by atoms with Gasteiger partial charge in [-0.2, -0.15) is 0 Å². The van der Waals surface area contributed by atoms with Crippen molar-refractivity contribution in [1.29, 1.82) is 0 Å². The zero-order valence-corrected chi connectivity index (χ0v) is 12.7. The minimum Gasteiger partial charge on any atom is -0.481 e. The second-order valence-corrected chi connectivity index (χ2v) is 4.74. The number of ether oxygens (including phenoxy) is 2. The Kier molecular flexibility index (Phi) is 5.30. The molecule has 0 aliphatic carbocycles. The van der Waals surface area contributed by atoms with Crippen molar-refractivity contribution >= 4 is 17.6 Å². The first-order valence-electron chi connectivity index (χ1n) is 6.91. The molecule has 1 N–H and O–H groups in total. The van der Waals surface area contributed by atoms with Crippen LogP contribution in [0.3, 0.4) is 0 Å². The zero-order valence-electron chi connectivity index (χ0n) is 12.7. The molecule has 0 heterocycles. The summed E-state index contributed by atoms with van der Waals surface area (Å²) in [5, 5.41) is 2.62. The summed E-state index contributed by atoms with van der Waals surface area (Å²) in [6, 6.07) is 11.8. The molecule has 2 aromatic carbocycles. The fraction of sp³-hybridized carbons (Fsp3) is 0.176. The van der Waals surface area contributed by atoms with Gasteiger partial charge in [0, 0.05) is 0 Å². The van der Waals surface area contributed by atoms with E-state index in [1.165, 1.54) is 31.4 Å². The van der Waals surface area contributed by atoms with Crippen molar-refractivity contribution in [2.75, 3.05) is 12.4 Å². The van der Waals surface area contributed by atoms with E-state index in [1.807, 2.05) is 0 Å². The molecule has 0 saturated heterocycles. The number of para-hydroxylation sites is 1. The summed E-state index contributed by atoms with van der Waals surface area (Å²) in [5.74, 6) is -1.00. The molecule has 23 heavy (non-hydrogen) atoms. The Morgan fingerprint density at radius 2 is 1.74 bits per heavy atom. The monoisotopic (exact) mass is 317 g/mol. The van der Waals surface area contributed by atoms with Crippen LogP contribution in [0, 0.1) is 5.82 Å². The van der Waals surface area contributed by atoms with Crippen LogP contribution in [-0.4, -0.2) is 25.1 Å². The lowest BCUT2D eigenvalue weighted by atomic mass is 10.1. The maximum atomic E-state index is 12.8. The molecule has 0 fully saturated rings. The molecule has 0 unspecified atom stereocenters. The van der Waals surface area contributed by atoms with Crippen LogP contribution in [0.1, 0.15) is 17.3 Å². The predicted molar refractivity (Wildman–Crippen MR) is 82.9 cm³/mol. The summed E-state index contributed by atoms with van der Waals surface area (Å²) in [7, 11) is 1.27. The van der Waals surface area contributed by atoms with Gasteiger partial charge in [-0.25, -0.2) is 9.18 Å². The lowest BCUT2D eigenvalue weighted by Crippen LogP contribution is -2.30. The van der Waals surface area contributed by atoms with Crippen molar-refractivity contribution in [2.45, 2.75) is 13.0 Å². The van der Waals surface area contributed by atoms with Crippen LogP contribution in [0.5, 0.6) is 5.75 Å². The van der Waals surface area contributed by atoms with Gasteiger partial charge in [-0.1, -0.05) is 12.1 Å². The number of benzene rings is 2. The van der Waals surface area contributed by atoms with E-state index in [4.69, 9.17) is 4.74 Å². The Bertz CT molecular complexity index is 700. The lowest BCUT2D eigenvalue weighted by Gasteiger charge is -2.16. The van der Waals surface area contributed by atoms with Crippen LogP contribution in [0.25, 0.3) is 0 Å². The average molecular weight is 317 g/mol. The van der Waals surface area contributed by atoms with Gasteiger partial charge in [0.25, 0.3) is 5.91 Å². The number of carbonyl (C=O) groups is 2. The second kappa shape index (κ2) is 7.40. The topological polar surface area (TPSA) is 64.6 Å². The molecule has 2 aromatic rings. The highest BCUT2D eigenvalue weighted by molar-refractivity contribution is 6.02. The molecule has 2 rings (SSSR count). The number of rotatable bonds is 5. The highest BCUT2D eigenvalue weighted by Gasteiger charge is 2.18. The molecule has 6 heteroatoms. The van der Waals surface area contributed by atoms with Gasteiger partial charge >= 0.3 is 5.97 Å². The smallest absolute Gasteiger partial charge is 0.339 e. The fourth-order valence-electron chi connectivity index (χ4n) is 1.89. The largest absolute Gasteiger partial charge is 0.481 e. The summed E-state index contributed by atoms with van der Waals surface area (Å²) in [5.41, 5.74) is 0.580.